The van der Waals surface area contributed by atoms with Crippen molar-refractivity contribution in [3.05, 3.63) is 12.7 Å². The molecule has 0 unspecified atom stereocenters. The molecule has 0 aliphatic rings. The molecule has 0 aromatic heterocycles. The van der Waals surface area contributed by atoms with Gasteiger partial charge in [-0.3, -0.25) is 0 Å². The van der Waals surface area contributed by atoms with E-state index in [9.17, 15) is 0 Å². The van der Waals surface area contributed by atoms with E-state index in [-0.39, 0.29) is 0 Å². The Morgan fingerprint density at radius 1 is 0.500 bits per heavy atom. The van der Waals surface area contributed by atoms with Crippen LogP contribution in [0.3, 0.4) is 0 Å². The second-order valence-electron chi connectivity index (χ2n) is 6.33. The van der Waals surface area contributed by atoms with Crippen LogP contribution in [0.2, 0.25) is 0 Å². The first-order chi connectivity index (χ1) is 9.91. The quantitative estimate of drug-likeness (QED) is 0.240. The zero-order valence-corrected chi connectivity index (χ0v) is 14.2. The molecule has 0 bridgehead atoms. The highest BCUT2D eigenvalue weighted by molar-refractivity contribution is 4.61. The molecule has 0 fully saturated rings. The molecule has 0 aromatic carbocycles. The zero-order chi connectivity index (χ0) is 14.7. The predicted octanol–water partition coefficient (Wildman–Crippen LogP) is 7.63. The minimum Gasteiger partial charge on any atom is -0.0845 e. The first kappa shape index (κ1) is 19.7. The Morgan fingerprint density at radius 3 is 1.10 bits per heavy atom. The summed E-state index contributed by atoms with van der Waals surface area (Å²) < 4.78 is 0. The van der Waals surface area contributed by atoms with E-state index in [4.69, 9.17) is 6.58 Å². The fourth-order valence-electron chi connectivity index (χ4n) is 2.81. The summed E-state index contributed by atoms with van der Waals surface area (Å²) in [5.41, 5.74) is 0. The Hall–Kier alpha value is -0.260. The molecule has 1 radical (unpaired) electrons. The van der Waals surface area contributed by atoms with E-state index in [1.165, 1.54) is 103 Å². The van der Waals surface area contributed by atoms with Gasteiger partial charge in [-0.1, -0.05) is 116 Å². The van der Waals surface area contributed by atoms with Gasteiger partial charge in [0, 0.05) is 0 Å². The SMILES string of the molecule is [CH]=CCCCCCCCCCCCCCCCCCC. The van der Waals surface area contributed by atoms with Gasteiger partial charge < -0.3 is 0 Å². The van der Waals surface area contributed by atoms with Crippen LogP contribution < -0.4 is 0 Å². The van der Waals surface area contributed by atoms with Crippen LogP contribution in [0.25, 0.3) is 0 Å². The fraction of sp³-hybridized carbons (Fsp3) is 0.900. The van der Waals surface area contributed by atoms with Crippen molar-refractivity contribution in [2.45, 2.75) is 116 Å². The summed E-state index contributed by atoms with van der Waals surface area (Å²) in [5, 5.41) is 0. The van der Waals surface area contributed by atoms with E-state index in [1.54, 1.807) is 6.08 Å². The molecule has 0 amide bonds. The Kier molecular flexibility index (Phi) is 18.5. The second-order valence-corrected chi connectivity index (χ2v) is 6.33. The molecule has 0 heterocycles. The van der Waals surface area contributed by atoms with Gasteiger partial charge in [-0.2, -0.15) is 0 Å². The highest BCUT2D eigenvalue weighted by Crippen LogP contribution is 2.13. The fourth-order valence-corrected chi connectivity index (χ4v) is 2.81. The van der Waals surface area contributed by atoms with Crippen LogP contribution in [0.1, 0.15) is 116 Å². The zero-order valence-electron chi connectivity index (χ0n) is 14.2. The van der Waals surface area contributed by atoms with Crippen molar-refractivity contribution in [2.24, 2.45) is 0 Å². The normalized spacial score (nSPS) is 10.8. The first-order valence-electron chi connectivity index (χ1n) is 9.45. The molecule has 0 N–H and O–H groups in total. The van der Waals surface area contributed by atoms with Crippen molar-refractivity contribution < 1.29 is 0 Å². The highest BCUT2D eigenvalue weighted by atomic mass is 14.0. The van der Waals surface area contributed by atoms with Gasteiger partial charge >= 0.3 is 0 Å². The van der Waals surface area contributed by atoms with Crippen molar-refractivity contribution in [2.75, 3.05) is 0 Å². The molecule has 0 nitrogen and oxygen atoms in total. The van der Waals surface area contributed by atoms with Gasteiger partial charge in [0.05, 0.1) is 0 Å². The third kappa shape index (κ3) is 17.7. The second kappa shape index (κ2) is 18.7. The van der Waals surface area contributed by atoms with Crippen LogP contribution in [0, 0.1) is 6.58 Å². The van der Waals surface area contributed by atoms with Crippen LogP contribution in [-0.2, 0) is 0 Å². The Labute approximate surface area is 129 Å². The number of unbranched alkanes of at least 4 members (excludes halogenated alkanes) is 16. The molecule has 0 aliphatic carbocycles. The Morgan fingerprint density at radius 2 is 0.800 bits per heavy atom. The van der Waals surface area contributed by atoms with Gasteiger partial charge in [-0.05, 0) is 12.8 Å². The van der Waals surface area contributed by atoms with Crippen LogP contribution in [0.15, 0.2) is 6.08 Å². The van der Waals surface area contributed by atoms with E-state index in [0.717, 1.165) is 6.42 Å². The highest BCUT2D eigenvalue weighted by Gasteiger charge is 1.94. The third-order valence-corrected chi connectivity index (χ3v) is 4.22. The van der Waals surface area contributed by atoms with Crippen LogP contribution >= 0.6 is 0 Å². The van der Waals surface area contributed by atoms with Gasteiger partial charge in [0.25, 0.3) is 0 Å². The Bertz CT molecular complexity index is 171. The first-order valence-corrected chi connectivity index (χ1v) is 9.45. The molecule has 119 valence electrons. The van der Waals surface area contributed by atoms with Crippen LogP contribution in [-0.4, -0.2) is 0 Å². The molecular formula is C20H39. The van der Waals surface area contributed by atoms with E-state index in [2.05, 4.69) is 6.92 Å². The standard InChI is InChI=1S/C20H39/c1-3-5-7-9-11-13-15-17-19-20-18-16-14-12-10-8-6-4-2/h1,3H,4-20H2,2H3. The monoisotopic (exact) mass is 279 g/mol. The summed E-state index contributed by atoms with van der Waals surface area (Å²) in [7, 11) is 0. The molecule has 0 heteroatoms. The minimum absolute atomic E-state index is 1.10. The maximum Gasteiger partial charge on any atom is -0.0348 e. The van der Waals surface area contributed by atoms with Crippen LogP contribution in [0.4, 0.5) is 0 Å². The molecular weight excluding hydrogens is 240 g/mol. The van der Waals surface area contributed by atoms with Crippen molar-refractivity contribution >= 4 is 0 Å². The molecule has 20 heavy (non-hydrogen) atoms. The summed E-state index contributed by atoms with van der Waals surface area (Å²) in [6, 6.07) is 0. The molecule has 0 spiro atoms. The van der Waals surface area contributed by atoms with E-state index >= 15 is 0 Å². The maximum absolute atomic E-state index is 5.36. The third-order valence-electron chi connectivity index (χ3n) is 4.22. The summed E-state index contributed by atoms with van der Waals surface area (Å²) in [6.07, 6.45) is 25.8. The smallest absolute Gasteiger partial charge is 0.0348 e. The van der Waals surface area contributed by atoms with E-state index < -0.39 is 0 Å². The average molecular weight is 280 g/mol. The van der Waals surface area contributed by atoms with E-state index in [0.29, 0.717) is 0 Å². The van der Waals surface area contributed by atoms with Gasteiger partial charge in [0.15, 0.2) is 0 Å². The van der Waals surface area contributed by atoms with Gasteiger partial charge in [-0.25, -0.2) is 0 Å². The molecule has 0 atom stereocenters. The van der Waals surface area contributed by atoms with Gasteiger partial charge in [-0.15, -0.1) is 0 Å². The summed E-state index contributed by atoms with van der Waals surface area (Å²) in [5.74, 6) is 0. The minimum atomic E-state index is 1.10. The molecule has 0 saturated heterocycles. The molecule has 0 rings (SSSR count). The number of allylic oxidation sites excluding steroid dienone is 1. The lowest BCUT2D eigenvalue weighted by molar-refractivity contribution is 0.530. The van der Waals surface area contributed by atoms with Gasteiger partial charge in [0.1, 0.15) is 0 Å². The van der Waals surface area contributed by atoms with Crippen LogP contribution in [0.5, 0.6) is 0 Å². The lowest BCUT2D eigenvalue weighted by atomic mass is 10.0. The lowest BCUT2D eigenvalue weighted by Gasteiger charge is -2.03. The van der Waals surface area contributed by atoms with Crippen molar-refractivity contribution in [3.8, 4) is 0 Å². The molecule has 0 aromatic rings. The summed E-state index contributed by atoms with van der Waals surface area (Å²) >= 11 is 0. The summed E-state index contributed by atoms with van der Waals surface area (Å²) in [4.78, 5) is 0. The number of hydrogen-bond acceptors (Lipinski definition) is 0. The number of hydrogen-bond donors (Lipinski definition) is 0. The molecule has 0 saturated carbocycles. The predicted molar refractivity (Wildman–Crippen MR) is 93.0 cm³/mol. The lowest BCUT2D eigenvalue weighted by Crippen LogP contribution is -1.83. The average Bonchev–Trinajstić information content (AvgIpc) is 2.47. The van der Waals surface area contributed by atoms with Crippen molar-refractivity contribution in [1.82, 2.24) is 0 Å². The van der Waals surface area contributed by atoms with Gasteiger partial charge in [0.2, 0.25) is 0 Å². The van der Waals surface area contributed by atoms with E-state index in [1.807, 2.05) is 0 Å². The summed E-state index contributed by atoms with van der Waals surface area (Å²) in [6.45, 7) is 7.65. The maximum atomic E-state index is 5.36. The number of rotatable bonds is 17. The molecule has 0 aliphatic heterocycles. The largest absolute Gasteiger partial charge is 0.0845 e. The van der Waals surface area contributed by atoms with Crippen molar-refractivity contribution in [3.63, 3.8) is 0 Å². The Balaban J connectivity index is 2.90. The topological polar surface area (TPSA) is 0 Å². The van der Waals surface area contributed by atoms with Crippen molar-refractivity contribution in [1.29, 1.82) is 0 Å².